The highest BCUT2D eigenvalue weighted by Crippen LogP contribution is 2.49. The molecule has 86 heavy (non-hydrogen) atoms. The molecule has 0 saturated carbocycles. The highest BCUT2D eigenvalue weighted by atomic mass is 19.4. The van der Waals surface area contributed by atoms with E-state index in [1.807, 2.05) is 130 Å². The molecule has 0 saturated heterocycles. The number of fused-ring (bicyclic) bond motifs is 6. The first-order chi connectivity index (χ1) is 41.7. The Kier molecular flexibility index (Phi) is 12.9. The summed E-state index contributed by atoms with van der Waals surface area (Å²) in [7, 11) is 0. The fourth-order valence-corrected chi connectivity index (χ4v) is 12.0. The van der Waals surface area contributed by atoms with Gasteiger partial charge in [0.05, 0.1) is 103 Å². The number of hydrogen-bond donors (Lipinski definition) is 0. The van der Waals surface area contributed by atoms with Gasteiger partial charge in [-0.1, -0.05) is 109 Å². The van der Waals surface area contributed by atoms with Crippen molar-refractivity contribution < 1.29 is 26.3 Å². The summed E-state index contributed by atoms with van der Waals surface area (Å²) in [5.74, 6) is 0. The van der Waals surface area contributed by atoms with Crippen molar-refractivity contribution in [2.75, 3.05) is 0 Å². The molecule has 7 nitrogen and oxygen atoms in total. The van der Waals surface area contributed by atoms with Crippen LogP contribution in [-0.4, -0.2) is 9.13 Å². The van der Waals surface area contributed by atoms with E-state index in [9.17, 15) is 26.3 Å². The molecular weight excluding hydrogens is 1090 g/mol. The Labute approximate surface area is 487 Å². The van der Waals surface area contributed by atoms with Crippen LogP contribution in [0.25, 0.3) is 122 Å². The minimum Gasteiger partial charge on any atom is -0.309 e. The third kappa shape index (κ3) is 8.91. The molecule has 0 fully saturated rings. The smallest absolute Gasteiger partial charge is 0.309 e. The predicted octanol–water partition coefficient (Wildman–Crippen LogP) is 19.3. The van der Waals surface area contributed by atoms with Crippen molar-refractivity contribution in [3.63, 3.8) is 0 Å². The Morgan fingerprint density at radius 3 is 0.919 bits per heavy atom. The molecule has 0 N–H and O–H groups in total. The Balaban J connectivity index is 1.16. The van der Waals surface area contributed by atoms with Crippen molar-refractivity contribution in [3.8, 4) is 108 Å². The zero-order valence-corrected chi connectivity index (χ0v) is 44.8. The predicted molar refractivity (Wildman–Crippen MR) is 321 cm³/mol. The Morgan fingerprint density at radius 1 is 0.279 bits per heavy atom. The number of nitriles is 5. The van der Waals surface area contributed by atoms with Gasteiger partial charge in [-0.25, -0.2) is 0 Å². The van der Waals surface area contributed by atoms with E-state index in [1.165, 1.54) is 18.2 Å². The number of nitrogens with zero attached hydrogens (tertiary/aromatic N) is 7. The van der Waals surface area contributed by atoms with E-state index in [2.05, 4.69) is 30.3 Å². The number of halogens is 6. The van der Waals surface area contributed by atoms with Crippen LogP contribution < -0.4 is 0 Å². The summed E-state index contributed by atoms with van der Waals surface area (Å²) in [6.45, 7) is 0. The molecule has 0 amide bonds. The van der Waals surface area contributed by atoms with E-state index in [0.29, 0.717) is 134 Å². The molecule has 2 aromatic heterocycles. The van der Waals surface area contributed by atoms with Gasteiger partial charge in [0, 0.05) is 38.2 Å². The summed E-state index contributed by atoms with van der Waals surface area (Å²) in [5.41, 5.74) is 6.16. The first-order valence-corrected chi connectivity index (χ1v) is 26.8. The van der Waals surface area contributed by atoms with Crippen molar-refractivity contribution in [2.45, 2.75) is 12.4 Å². The summed E-state index contributed by atoms with van der Waals surface area (Å²) in [5, 5.41) is 54.5. The van der Waals surface area contributed by atoms with Crippen LogP contribution in [0.1, 0.15) is 38.9 Å². The van der Waals surface area contributed by atoms with Gasteiger partial charge < -0.3 is 9.13 Å². The minimum atomic E-state index is -5.24. The molecule has 11 aromatic carbocycles. The molecule has 0 bridgehead atoms. The molecule has 13 heteroatoms. The van der Waals surface area contributed by atoms with Crippen LogP contribution in [0, 0.1) is 56.7 Å². The van der Waals surface area contributed by atoms with Crippen LogP contribution in [0.3, 0.4) is 0 Å². The molecule has 0 aliphatic rings. The van der Waals surface area contributed by atoms with Crippen molar-refractivity contribution >= 4 is 43.6 Å². The number of aromatic nitrogens is 2. The first kappa shape index (κ1) is 53.4. The SMILES string of the molecule is N#Cc1ccc(-n2c3ccc(-c4ccccc4C#N)cc3c3cc(-c4ccccc4C#N)ccc32)c(-c2cc(-c3c(C(F)(F)F)cccc3C(F)(F)F)ccc2-n2c3ccc(-c4ccccc4C#N)cc3c3cc(-c4ccccc4C#N)ccc32)c1. The van der Waals surface area contributed by atoms with Gasteiger partial charge in [0.25, 0.3) is 0 Å². The van der Waals surface area contributed by atoms with Crippen molar-refractivity contribution in [1.82, 2.24) is 9.13 Å². The summed E-state index contributed by atoms with van der Waals surface area (Å²) >= 11 is 0. The quantitative estimate of drug-likeness (QED) is 0.140. The molecule has 0 atom stereocenters. The number of benzene rings is 11. The van der Waals surface area contributed by atoms with E-state index in [4.69, 9.17) is 0 Å². The van der Waals surface area contributed by atoms with Crippen molar-refractivity contribution in [2.24, 2.45) is 0 Å². The van der Waals surface area contributed by atoms with Gasteiger partial charge in [-0.2, -0.15) is 52.7 Å². The van der Waals surface area contributed by atoms with Crippen LogP contribution in [0.4, 0.5) is 26.3 Å². The average molecular weight is 1130 g/mol. The van der Waals surface area contributed by atoms with Crippen LogP contribution in [0.2, 0.25) is 0 Å². The highest BCUT2D eigenvalue weighted by Gasteiger charge is 2.41. The zero-order valence-electron chi connectivity index (χ0n) is 44.8. The van der Waals surface area contributed by atoms with E-state index < -0.39 is 34.6 Å². The van der Waals surface area contributed by atoms with Gasteiger partial charge >= 0.3 is 12.4 Å². The van der Waals surface area contributed by atoms with E-state index >= 15 is 26.3 Å². The highest BCUT2D eigenvalue weighted by molar-refractivity contribution is 6.14. The van der Waals surface area contributed by atoms with Crippen LogP contribution in [-0.2, 0) is 12.4 Å². The fourth-order valence-electron chi connectivity index (χ4n) is 12.0. The van der Waals surface area contributed by atoms with Crippen LogP contribution in [0.15, 0.2) is 224 Å². The molecule has 0 aliphatic carbocycles. The number of rotatable bonds is 8. The molecule has 13 aromatic rings. The van der Waals surface area contributed by atoms with Gasteiger partial charge in [-0.3, -0.25) is 0 Å². The Morgan fingerprint density at radius 2 is 0.593 bits per heavy atom. The summed E-state index contributed by atoms with van der Waals surface area (Å²) in [6.07, 6.45) is -10.5. The van der Waals surface area contributed by atoms with Crippen molar-refractivity contribution in [1.29, 1.82) is 26.3 Å². The second kappa shape index (κ2) is 20.8. The molecule has 406 valence electrons. The maximum Gasteiger partial charge on any atom is 0.417 e. The van der Waals surface area contributed by atoms with E-state index in [0.717, 1.165) is 6.07 Å². The Bertz CT molecular complexity index is 4980. The second-order valence-electron chi connectivity index (χ2n) is 20.5. The monoisotopic (exact) mass is 1130 g/mol. The molecule has 0 aliphatic heterocycles. The first-order valence-electron chi connectivity index (χ1n) is 26.8. The fraction of sp³-hybridized carbons (Fsp3) is 0.0274. The van der Waals surface area contributed by atoms with Gasteiger partial charge in [-0.05, 0) is 165 Å². The lowest BCUT2D eigenvalue weighted by Crippen LogP contribution is -2.14. The Hall–Kier alpha value is -12.0. The van der Waals surface area contributed by atoms with Crippen LogP contribution in [0.5, 0.6) is 0 Å². The minimum absolute atomic E-state index is 0.127. The van der Waals surface area contributed by atoms with Gasteiger partial charge in [0.1, 0.15) is 0 Å². The number of alkyl halides is 6. The third-order valence-corrected chi connectivity index (χ3v) is 15.8. The van der Waals surface area contributed by atoms with E-state index in [1.54, 1.807) is 66.7 Å². The standard InChI is InChI=1S/C73H37F6N7/c74-72(75,76)63-18-9-19-64(73(77,78)79)71(63)48-25-31-70(86-68-29-23-46(55-16-7-3-12-51(55)41-83)35-60(68)61-36-47(24-30-69(61)86)56-17-8-4-13-52(56)42-84)62(37-48)57-32-43(38-80)20-26-65(57)85-66-27-21-44(53-14-5-1-10-49(53)39-81)33-58(66)59-34-45(22-28-67(59)85)54-15-6-2-11-50(54)40-82/h1-37H. The van der Waals surface area contributed by atoms with Gasteiger partial charge in [0.2, 0.25) is 0 Å². The summed E-state index contributed by atoms with van der Waals surface area (Å²) in [6, 6.07) is 73.5. The molecular formula is C73H37F6N7. The lowest BCUT2D eigenvalue weighted by atomic mass is 9.90. The summed E-state index contributed by atoms with van der Waals surface area (Å²) < 4.78 is 95.7. The lowest BCUT2D eigenvalue weighted by Gasteiger charge is -2.22. The van der Waals surface area contributed by atoms with Crippen LogP contribution >= 0.6 is 0 Å². The molecule has 13 rings (SSSR count). The topological polar surface area (TPSA) is 129 Å². The molecule has 0 radical (unpaired) electrons. The molecule has 0 unspecified atom stereocenters. The maximum atomic E-state index is 15.3. The largest absolute Gasteiger partial charge is 0.417 e. The normalized spacial score (nSPS) is 11.5. The lowest BCUT2D eigenvalue weighted by molar-refractivity contribution is -0.142. The maximum absolute atomic E-state index is 15.3. The van der Waals surface area contributed by atoms with Gasteiger partial charge in [0.15, 0.2) is 0 Å². The van der Waals surface area contributed by atoms with Gasteiger partial charge in [-0.15, -0.1) is 0 Å². The zero-order chi connectivity index (χ0) is 59.6. The molecule has 2 heterocycles. The van der Waals surface area contributed by atoms with E-state index in [-0.39, 0.29) is 16.7 Å². The second-order valence-corrected chi connectivity index (χ2v) is 20.5. The third-order valence-electron chi connectivity index (χ3n) is 15.8. The molecule has 0 spiro atoms. The van der Waals surface area contributed by atoms with Crippen molar-refractivity contribution in [3.05, 3.63) is 263 Å². The number of hydrogen-bond acceptors (Lipinski definition) is 5. The summed E-state index contributed by atoms with van der Waals surface area (Å²) in [4.78, 5) is 0. The average Bonchev–Trinajstić information content (AvgIpc) is 1.67.